The summed E-state index contributed by atoms with van der Waals surface area (Å²) in [6.07, 6.45) is 0. The summed E-state index contributed by atoms with van der Waals surface area (Å²) in [7, 11) is 0. The van der Waals surface area contributed by atoms with Gasteiger partial charge in [-0.1, -0.05) is 6.07 Å². The Kier molecular flexibility index (Phi) is 4.16. The molecule has 2 aromatic carbocycles. The lowest BCUT2D eigenvalue weighted by atomic mass is 10.2. The van der Waals surface area contributed by atoms with E-state index >= 15 is 0 Å². The van der Waals surface area contributed by atoms with Crippen LogP contribution in [0.5, 0.6) is 5.75 Å². The molecule has 0 fully saturated rings. The summed E-state index contributed by atoms with van der Waals surface area (Å²) in [6, 6.07) is 12.2. The molecular formula is C14H12BrNO3. The summed E-state index contributed by atoms with van der Waals surface area (Å²) in [4.78, 5) is 10.1. The molecule has 0 saturated carbocycles. The third-order valence-electron chi connectivity index (χ3n) is 2.63. The minimum Gasteiger partial charge on any atom is -0.488 e. The van der Waals surface area contributed by atoms with E-state index < -0.39 is 4.92 Å². The van der Waals surface area contributed by atoms with Crippen molar-refractivity contribution >= 4 is 21.6 Å². The second-order valence-electron chi connectivity index (χ2n) is 4.15. The van der Waals surface area contributed by atoms with E-state index in [1.54, 1.807) is 12.1 Å². The van der Waals surface area contributed by atoms with E-state index in [2.05, 4.69) is 15.9 Å². The van der Waals surface area contributed by atoms with Gasteiger partial charge in [0.25, 0.3) is 5.69 Å². The lowest BCUT2D eigenvalue weighted by Crippen LogP contribution is -1.96. The van der Waals surface area contributed by atoms with E-state index in [-0.39, 0.29) is 5.69 Å². The molecule has 0 heterocycles. The number of halogens is 1. The topological polar surface area (TPSA) is 52.4 Å². The molecule has 0 aliphatic carbocycles. The zero-order valence-electron chi connectivity index (χ0n) is 10.3. The number of benzene rings is 2. The van der Waals surface area contributed by atoms with Gasteiger partial charge in [-0.05, 0) is 58.2 Å². The summed E-state index contributed by atoms with van der Waals surface area (Å²) < 4.78 is 6.56. The molecular weight excluding hydrogens is 310 g/mol. The molecule has 2 aromatic rings. The molecule has 5 heteroatoms. The van der Waals surface area contributed by atoms with Crippen LogP contribution in [0.15, 0.2) is 46.9 Å². The maximum atomic E-state index is 10.5. The Morgan fingerprint density at radius 1 is 1.21 bits per heavy atom. The van der Waals surface area contributed by atoms with Crippen LogP contribution in [0.25, 0.3) is 0 Å². The highest BCUT2D eigenvalue weighted by molar-refractivity contribution is 9.10. The van der Waals surface area contributed by atoms with E-state index in [0.29, 0.717) is 6.61 Å². The van der Waals surface area contributed by atoms with Gasteiger partial charge in [0, 0.05) is 12.1 Å². The fourth-order valence-corrected chi connectivity index (χ4v) is 2.21. The van der Waals surface area contributed by atoms with Crippen LogP contribution in [0.3, 0.4) is 0 Å². The molecule has 0 amide bonds. The second-order valence-corrected chi connectivity index (χ2v) is 5.00. The number of nitro benzene ring substituents is 1. The van der Waals surface area contributed by atoms with Gasteiger partial charge in [0.05, 0.1) is 9.40 Å². The molecule has 0 radical (unpaired) electrons. The third-order valence-corrected chi connectivity index (χ3v) is 3.25. The van der Waals surface area contributed by atoms with Gasteiger partial charge < -0.3 is 4.74 Å². The number of nitro groups is 1. The first-order valence-electron chi connectivity index (χ1n) is 5.68. The van der Waals surface area contributed by atoms with E-state index in [9.17, 15) is 10.1 Å². The Balaban J connectivity index is 2.04. The highest BCUT2D eigenvalue weighted by Crippen LogP contribution is 2.26. The predicted octanol–water partition coefficient (Wildman–Crippen LogP) is 4.24. The first-order chi connectivity index (χ1) is 9.06. The van der Waals surface area contributed by atoms with Gasteiger partial charge in [-0.25, -0.2) is 0 Å². The van der Waals surface area contributed by atoms with Crippen molar-refractivity contribution in [2.45, 2.75) is 13.5 Å². The van der Waals surface area contributed by atoms with E-state index in [4.69, 9.17) is 4.74 Å². The number of hydrogen-bond acceptors (Lipinski definition) is 3. The summed E-state index contributed by atoms with van der Waals surface area (Å²) in [6.45, 7) is 2.38. The molecule has 0 unspecified atom stereocenters. The molecule has 0 spiro atoms. The van der Waals surface area contributed by atoms with Crippen LogP contribution in [-0.2, 0) is 6.61 Å². The highest BCUT2D eigenvalue weighted by Gasteiger charge is 2.05. The standard InChI is InChI=1S/C14H12BrNO3/c1-10-2-7-14(13(15)8-10)19-9-11-3-5-12(6-4-11)16(17)18/h2-8H,9H2,1H3. The first-order valence-corrected chi connectivity index (χ1v) is 6.48. The van der Waals surface area contributed by atoms with E-state index in [1.165, 1.54) is 12.1 Å². The quantitative estimate of drug-likeness (QED) is 0.625. The highest BCUT2D eigenvalue weighted by atomic mass is 79.9. The fraction of sp³-hybridized carbons (Fsp3) is 0.143. The molecule has 0 aliphatic rings. The summed E-state index contributed by atoms with van der Waals surface area (Å²) in [5.41, 5.74) is 2.12. The molecule has 4 nitrogen and oxygen atoms in total. The third kappa shape index (κ3) is 3.54. The van der Waals surface area contributed by atoms with E-state index in [0.717, 1.165) is 21.3 Å². The summed E-state index contributed by atoms with van der Waals surface area (Å²) >= 11 is 3.44. The zero-order valence-corrected chi connectivity index (χ0v) is 11.9. The van der Waals surface area contributed by atoms with Gasteiger partial charge >= 0.3 is 0 Å². The molecule has 19 heavy (non-hydrogen) atoms. The van der Waals surface area contributed by atoms with Gasteiger partial charge in [-0.3, -0.25) is 10.1 Å². The van der Waals surface area contributed by atoms with Crippen LogP contribution < -0.4 is 4.74 Å². The van der Waals surface area contributed by atoms with Gasteiger partial charge in [-0.15, -0.1) is 0 Å². The lowest BCUT2D eigenvalue weighted by molar-refractivity contribution is -0.384. The molecule has 2 rings (SSSR count). The Morgan fingerprint density at radius 3 is 2.47 bits per heavy atom. The minimum atomic E-state index is -0.415. The van der Waals surface area contributed by atoms with Gasteiger partial charge in [-0.2, -0.15) is 0 Å². The van der Waals surface area contributed by atoms with Crippen molar-refractivity contribution < 1.29 is 9.66 Å². The van der Waals surface area contributed by atoms with Crippen LogP contribution in [0.1, 0.15) is 11.1 Å². The summed E-state index contributed by atoms with van der Waals surface area (Å²) in [5.74, 6) is 0.754. The van der Waals surface area contributed by atoms with Gasteiger partial charge in [0.15, 0.2) is 0 Å². The van der Waals surface area contributed by atoms with E-state index in [1.807, 2.05) is 25.1 Å². The average Bonchev–Trinajstić information content (AvgIpc) is 2.38. The Hall–Kier alpha value is -1.88. The Labute approximate surface area is 119 Å². The molecule has 0 atom stereocenters. The van der Waals surface area contributed by atoms with Gasteiger partial charge in [0.2, 0.25) is 0 Å². The van der Waals surface area contributed by atoms with Crippen LogP contribution in [0.4, 0.5) is 5.69 Å². The predicted molar refractivity (Wildman–Crippen MR) is 76.3 cm³/mol. The number of aryl methyl sites for hydroxylation is 1. The molecule has 0 bridgehead atoms. The normalized spacial score (nSPS) is 10.2. The van der Waals surface area contributed by atoms with Crippen LogP contribution in [0.2, 0.25) is 0 Å². The molecule has 0 N–H and O–H groups in total. The van der Waals surface area contributed by atoms with Crippen molar-refractivity contribution in [2.24, 2.45) is 0 Å². The van der Waals surface area contributed by atoms with Crippen LogP contribution in [-0.4, -0.2) is 4.92 Å². The molecule has 0 saturated heterocycles. The monoisotopic (exact) mass is 321 g/mol. The number of nitrogens with zero attached hydrogens (tertiary/aromatic N) is 1. The number of non-ortho nitro benzene ring substituents is 1. The second kappa shape index (κ2) is 5.84. The first kappa shape index (κ1) is 13.5. The largest absolute Gasteiger partial charge is 0.488 e. The number of ether oxygens (including phenoxy) is 1. The molecule has 98 valence electrons. The average molecular weight is 322 g/mol. The van der Waals surface area contributed by atoms with Crippen molar-refractivity contribution in [2.75, 3.05) is 0 Å². The van der Waals surface area contributed by atoms with Crippen molar-refractivity contribution in [3.05, 3.63) is 68.2 Å². The van der Waals surface area contributed by atoms with Crippen LogP contribution in [0, 0.1) is 17.0 Å². The maximum Gasteiger partial charge on any atom is 0.269 e. The van der Waals surface area contributed by atoms with Crippen molar-refractivity contribution in [1.29, 1.82) is 0 Å². The molecule has 0 aliphatic heterocycles. The minimum absolute atomic E-state index is 0.0836. The number of hydrogen-bond donors (Lipinski definition) is 0. The summed E-state index contributed by atoms with van der Waals surface area (Å²) in [5, 5.41) is 10.5. The SMILES string of the molecule is Cc1ccc(OCc2ccc([N+](=O)[O-])cc2)c(Br)c1. The van der Waals surface area contributed by atoms with Crippen molar-refractivity contribution in [3.63, 3.8) is 0 Å². The van der Waals surface area contributed by atoms with Crippen molar-refractivity contribution in [3.8, 4) is 5.75 Å². The Morgan fingerprint density at radius 2 is 1.89 bits per heavy atom. The van der Waals surface area contributed by atoms with Crippen molar-refractivity contribution in [1.82, 2.24) is 0 Å². The maximum absolute atomic E-state index is 10.5. The Bertz CT molecular complexity index is 596. The fourth-order valence-electron chi connectivity index (χ4n) is 1.60. The van der Waals surface area contributed by atoms with Gasteiger partial charge in [0.1, 0.15) is 12.4 Å². The molecule has 0 aromatic heterocycles. The van der Waals surface area contributed by atoms with Crippen LogP contribution >= 0.6 is 15.9 Å². The lowest BCUT2D eigenvalue weighted by Gasteiger charge is -2.08. The number of rotatable bonds is 4. The zero-order chi connectivity index (χ0) is 13.8. The smallest absolute Gasteiger partial charge is 0.269 e.